The van der Waals surface area contributed by atoms with E-state index in [4.69, 9.17) is 31.5 Å². The smallest absolute Gasteiger partial charge is 0.416 e. The molecule has 0 fully saturated rings. The van der Waals surface area contributed by atoms with Crippen molar-refractivity contribution in [2.24, 2.45) is 5.73 Å². The van der Waals surface area contributed by atoms with E-state index in [0.29, 0.717) is 91.0 Å². The molecule has 0 spiro atoms. The first-order valence-electron chi connectivity index (χ1n) is 14.0. The standard InChI is InChI=1S/C31H31ClF3N5O4/c32-23-8-12-26-27(19-23)38-30(37-26)40-29(41)25(28(39-40)21-4-6-22(7-5-21)31(33,34)35)11-3-20-1-9-24(10-2-20)44-18-17-43-16-15-42-14-13-36/h1-2,4-10,12,19,39H,3,11,13-18,36H2,(H,37,38). The van der Waals surface area contributed by atoms with E-state index in [-0.39, 0.29) is 11.5 Å². The number of hydrogen-bond acceptors (Lipinski definition) is 6. The number of halogens is 4. The molecule has 3 aromatic carbocycles. The molecule has 2 heterocycles. The number of aryl methyl sites for hydroxylation is 1. The number of H-pyrrole nitrogens is 2. The number of aromatic amines is 2. The topological polar surface area (TPSA) is 120 Å². The van der Waals surface area contributed by atoms with E-state index >= 15 is 0 Å². The second-order valence-corrected chi connectivity index (χ2v) is 10.3. The van der Waals surface area contributed by atoms with Crippen LogP contribution in [0.4, 0.5) is 13.2 Å². The van der Waals surface area contributed by atoms with Gasteiger partial charge < -0.3 is 24.9 Å². The molecule has 0 atom stereocenters. The van der Waals surface area contributed by atoms with Gasteiger partial charge in [0.25, 0.3) is 5.56 Å². The van der Waals surface area contributed by atoms with Crippen molar-refractivity contribution >= 4 is 22.6 Å². The van der Waals surface area contributed by atoms with Crippen LogP contribution in [0, 0.1) is 0 Å². The summed E-state index contributed by atoms with van der Waals surface area (Å²) in [5.41, 5.74) is 7.70. The summed E-state index contributed by atoms with van der Waals surface area (Å²) in [5, 5.41) is 3.57. The van der Waals surface area contributed by atoms with Gasteiger partial charge in [-0.15, -0.1) is 0 Å². The van der Waals surface area contributed by atoms with Gasteiger partial charge in [0, 0.05) is 17.1 Å². The van der Waals surface area contributed by atoms with Gasteiger partial charge in [-0.2, -0.15) is 17.9 Å². The maximum absolute atomic E-state index is 13.7. The van der Waals surface area contributed by atoms with Crippen molar-refractivity contribution < 1.29 is 27.4 Å². The number of nitrogens with zero attached hydrogens (tertiary/aromatic N) is 2. The quantitative estimate of drug-likeness (QED) is 0.139. The number of nitrogens with one attached hydrogen (secondary N) is 2. The Labute approximate surface area is 255 Å². The molecule has 4 N–H and O–H groups in total. The minimum atomic E-state index is -4.47. The molecule has 9 nitrogen and oxygen atoms in total. The third kappa shape index (κ3) is 7.69. The lowest BCUT2D eigenvalue weighted by Gasteiger charge is -2.09. The van der Waals surface area contributed by atoms with Crippen molar-refractivity contribution in [3.8, 4) is 23.0 Å². The highest BCUT2D eigenvalue weighted by Gasteiger charge is 2.30. The van der Waals surface area contributed by atoms with E-state index in [1.165, 1.54) is 16.8 Å². The molecule has 0 bridgehead atoms. The molecule has 2 aromatic heterocycles. The highest BCUT2D eigenvalue weighted by Crippen LogP contribution is 2.31. The molecule has 0 amide bonds. The molecule has 0 radical (unpaired) electrons. The molecule has 44 heavy (non-hydrogen) atoms. The number of ether oxygens (including phenoxy) is 3. The lowest BCUT2D eigenvalue weighted by molar-refractivity contribution is -0.137. The highest BCUT2D eigenvalue weighted by atomic mass is 35.5. The fraction of sp³-hybridized carbons (Fsp3) is 0.290. The van der Waals surface area contributed by atoms with Gasteiger partial charge in [0.15, 0.2) is 0 Å². The van der Waals surface area contributed by atoms with Crippen LogP contribution in [-0.4, -0.2) is 59.3 Å². The number of nitrogens with two attached hydrogens (primary N) is 1. The van der Waals surface area contributed by atoms with Gasteiger partial charge in [0.2, 0.25) is 5.95 Å². The van der Waals surface area contributed by atoms with Crippen molar-refractivity contribution in [1.29, 1.82) is 0 Å². The Kier molecular flexibility index (Phi) is 10.1. The zero-order valence-corrected chi connectivity index (χ0v) is 24.4. The summed E-state index contributed by atoms with van der Waals surface area (Å²) >= 11 is 6.10. The van der Waals surface area contributed by atoms with E-state index in [2.05, 4.69) is 15.1 Å². The summed E-state index contributed by atoms with van der Waals surface area (Å²) in [4.78, 5) is 21.3. The zero-order chi connectivity index (χ0) is 31.1. The maximum Gasteiger partial charge on any atom is 0.416 e. The van der Waals surface area contributed by atoms with Gasteiger partial charge in [-0.3, -0.25) is 9.89 Å². The summed E-state index contributed by atoms with van der Waals surface area (Å²) in [5.74, 6) is 0.913. The van der Waals surface area contributed by atoms with E-state index in [0.717, 1.165) is 17.7 Å². The molecular weight excluding hydrogens is 599 g/mol. The third-order valence-corrected chi connectivity index (χ3v) is 7.08. The van der Waals surface area contributed by atoms with Crippen molar-refractivity contribution in [1.82, 2.24) is 19.7 Å². The van der Waals surface area contributed by atoms with Crippen LogP contribution < -0.4 is 16.0 Å². The van der Waals surface area contributed by atoms with Crippen molar-refractivity contribution in [2.45, 2.75) is 19.0 Å². The Morgan fingerprint density at radius 2 is 1.59 bits per heavy atom. The summed E-state index contributed by atoms with van der Waals surface area (Å²) in [6, 6.07) is 17.3. The van der Waals surface area contributed by atoms with Crippen molar-refractivity contribution in [2.75, 3.05) is 39.6 Å². The Balaban J connectivity index is 1.32. The first-order valence-corrected chi connectivity index (χ1v) is 14.3. The zero-order valence-electron chi connectivity index (χ0n) is 23.6. The molecule has 232 valence electrons. The van der Waals surface area contributed by atoms with Crippen LogP contribution in [0.1, 0.15) is 16.7 Å². The molecule has 13 heteroatoms. The Hall–Kier alpha value is -4.10. The van der Waals surface area contributed by atoms with E-state index in [9.17, 15) is 18.0 Å². The van der Waals surface area contributed by atoms with Gasteiger partial charge in [-0.1, -0.05) is 35.9 Å². The lowest BCUT2D eigenvalue weighted by Crippen LogP contribution is -2.18. The van der Waals surface area contributed by atoms with Crippen LogP contribution in [0.25, 0.3) is 28.2 Å². The Bertz CT molecular complexity index is 1730. The van der Waals surface area contributed by atoms with Crippen LogP contribution in [0.2, 0.25) is 5.02 Å². The molecule has 0 saturated heterocycles. The van der Waals surface area contributed by atoms with E-state index in [1.807, 2.05) is 24.3 Å². The molecule has 0 aliphatic heterocycles. The largest absolute Gasteiger partial charge is 0.491 e. The SMILES string of the molecule is NCCOCCOCCOc1ccc(CCc2c(-c3ccc(C(F)(F)F)cc3)[nH]n(-c3nc4ccc(Cl)cc4[nH]3)c2=O)cc1. The third-order valence-electron chi connectivity index (χ3n) is 6.85. The first-order chi connectivity index (χ1) is 21.2. The van der Waals surface area contributed by atoms with Crippen LogP contribution in [0.15, 0.2) is 71.5 Å². The molecular formula is C31H31ClF3N5O4. The first kappa shape index (κ1) is 31.3. The molecule has 0 saturated carbocycles. The number of rotatable bonds is 14. The van der Waals surface area contributed by atoms with Crippen LogP contribution >= 0.6 is 11.6 Å². The Morgan fingerprint density at radius 3 is 2.30 bits per heavy atom. The number of hydrogen-bond donors (Lipinski definition) is 3. The second-order valence-electron chi connectivity index (χ2n) is 9.91. The number of fused-ring (bicyclic) bond motifs is 1. The normalized spacial score (nSPS) is 11.8. The Morgan fingerprint density at radius 1 is 0.886 bits per heavy atom. The van der Waals surface area contributed by atoms with Gasteiger partial charge in [0.1, 0.15) is 12.4 Å². The highest BCUT2D eigenvalue weighted by molar-refractivity contribution is 6.31. The summed E-state index contributed by atoms with van der Waals surface area (Å²) in [7, 11) is 0. The van der Waals surface area contributed by atoms with Crippen molar-refractivity contribution in [3.63, 3.8) is 0 Å². The minimum Gasteiger partial charge on any atom is -0.491 e. The fourth-order valence-electron chi connectivity index (χ4n) is 4.64. The predicted octanol–water partition coefficient (Wildman–Crippen LogP) is 5.54. The summed E-state index contributed by atoms with van der Waals surface area (Å²) < 4.78 is 57.3. The molecule has 5 rings (SSSR count). The molecule has 0 unspecified atom stereocenters. The van der Waals surface area contributed by atoms with E-state index < -0.39 is 11.7 Å². The average Bonchev–Trinajstić information content (AvgIpc) is 3.57. The fourth-order valence-corrected chi connectivity index (χ4v) is 4.81. The molecule has 5 aromatic rings. The van der Waals surface area contributed by atoms with Crippen molar-refractivity contribution in [3.05, 3.63) is 98.8 Å². The molecule has 0 aliphatic carbocycles. The average molecular weight is 630 g/mol. The summed E-state index contributed by atoms with van der Waals surface area (Å²) in [6.45, 7) is 2.71. The lowest BCUT2D eigenvalue weighted by atomic mass is 10.0. The van der Waals surface area contributed by atoms with Gasteiger partial charge in [-0.25, -0.2) is 4.98 Å². The number of alkyl halides is 3. The summed E-state index contributed by atoms with van der Waals surface area (Å²) in [6.07, 6.45) is -3.65. The van der Waals surface area contributed by atoms with E-state index in [1.54, 1.807) is 18.2 Å². The van der Waals surface area contributed by atoms with Crippen LogP contribution in [-0.2, 0) is 28.5 Å². The second kappa shape index (κ2) is 14.1. The van der Waals surface area contributed by atoms with Gasteiger partial charge >= 0.3 is 6.18 Å². The van der Waals surface area contributed by atoms with Gasteiger partial charge in [-0.05, 0) is 66.4 Å². The predicted molar refractivity (Wildman–Crippen MR) is 162 cm³/mol. The number of aromatic nitrogens is 4. The minimum absolute atomic E-state index is 0.236. The van der Waals surface area contributed by atoms with Crippen LogP contribution in [0.3, 0.4) is 0 Å². The number of imidazole rings is 1. The molecule has 0 aliphatic rings. The maximum atomic E-state index is 13.7. The monoisotopic (exact) mass is 629 g/mol. The van der Waals surface area contributed by atoms with Gasteiger partial charge in [0.05, 0.1) is 48.7 Å². The van der Waals surface area contributed by atoms with Crippen LogP contribution in [0.5, 0.6) is 5.75 Å². The number of benzene rings is 3.